The van der Waals surface area contributed by atoms with E-state index in [0.717, 1.165) is 4.90 Å². The Morgan fingerprint density at radius 2 is 1.94 bits per heavy atom. The van der Waals surface area contributed by atoms with Gasteiger partial charge in [-0.15, -0.1) is 0 Å². The van der Waals surface area contributed by atoms with Gasteiger partial charge in [0, 0.05) is 17.6 Å². The molecule has 0 bridgehead atoms. The van der Waals surface area contributed by atoms with Crippen LogP contribution in [0.15, 0.2) is 64.6 Å². The third-order valence-corrected chi connectivity index (χ3v) is 5.65. The molecule has 172 valence electrons. The second-order valence-corrected chi connectivity index (χ2v) is 7.87. The molecule has 0 saturated heterocycles. The van der Waals surface area contributed by atoms with Crippen molar-refractivity contribution in [2.45, 2.75) is 23.1 Å². The minimum absolute atomic E-state index is 0.0760. The molecule has 7 nitrogen and oxygen atoms in total. The summed E-state index contributed by atoms with van der Waals surface area (Å²) in [5, 5.41) is 3.35. The van der Waals surface area contributed by atoms with Gasteiger partial charge in [-0.05, 0) is 48.0 Å². The van der Waals surface area contributed by atoms with Gasteiger partial charge in [0.25, 0.3) is 5.91 Å². The monoisotopic (exact) mass is 474 g/mol. The lowest BCUT2D eigenvalue weighted by atomic mass is 10.2. The van der Waals surface area contributed by atoms with Gasteiger partial charge in [0.05, 0.1) is 12.7 Å². The molecule has 0 atom stereocenters. The Kier molecular flexibility index (Phi) is 7.13. The maximum absolute atomic E-state index is 12.9. The third-order valence-electron chi connectivity index (χ3n) is 4.64. The number of hydrogen-bond donors (Lipinski definition) is 1. The zero-order valence-electron chi connectivity index (χ0n) is 17.5. The fraction of sp³-hybridized carbons (Fsp3) is 0.217. The SMILES string of the molecule is COc1cc(CNC(=O)c2cccnc2Sc2ccc3c(c2)OCCO3)ccc1OC(F)F. The van der Waals surface area contributed by atoms with Gasteiger partial charge in [0.15, 0.2) is 23.0 Å². The summed E-state index contributed by atoms with van der Waals surface area (Å²) in [5.74, 6) is 1.09. The first-order chi connectivity index (χ1) is 16.0. The molecule has 2 heterocycles. The molecule has 0 unspecified atom stereocenters. The number of pyridine rings is 1. The number of halogens is 2. The van der Waals surface area contributed by atoms with Crippen LogP contribution in [-0.4, -0.2) is 37.8 Å². The summed E-state index contributed by atoms with van der Waals surface area (Å²) in [6, 6.07) is 13.4. The van der Waals surface area contributed by atoms with Crippen LogP contribution in [0.2, 0.25) is 0 Å². The molecule has 1 N–H and O–H groups in total. The summed E-state index contributed by atoms with van der Waals surface area (Å²) >= 11 is 1.34. The van der Waals surface area contributed by atoms with Crippen LogP contribution in [0.25, 0.3) is 0 Å². The number of carbonyl (C=O) groups excluding carboxylic acids is 1. The first kappa shape index (κ1) is 22.7. The van der Waals surface area contributed by atoms with E-state index in [1.54, 1.807) is 24.4 Å². The highest BCUT2D eigenvalue weighted by molar-refractivity contribution is 7.99. The quantitative estimate of drug-likeness (QED) is 0.513. The van der Waals surface area contributed by atoms with Crippen LogP contribution in [0.4, 0.5) is 8.78 Å². The Balaban J connectivity index is 1.45. The number of amides is 1. The highest BCUT2D eigenvalue weighted by Gasteiger charge is 2.17. The minimum Gasteiger partial charge on any atom is -0.493 e. The van der Waals surface area contributed by atoms with E-state index >= 15 is 0 Å². The third kappa shape index (κ3) is 5.64. The average Bonchev–Trinajstić information content (AvgIpc) is 2.83. The fourth-order valence-corrected chi connectivity index (χ4v) is 4.05. The second kappa shape index (κ2) is 10.4. The van der Waals surface area contributed by atoms with Gasteiger partial charge in [0.2, 0.25) is 0 Å². The van der Waals surface area contributed by atoms with Gasteiger partial charge in [-0.3, -0.25) is 4.79 Å². The molecule has 0 spiro atoms. The summed E-state index contributed by atoms with van der Waals surface area (Å²) in [6.07, 6.45) is 1.61. The Morgan fingerprint density at radius 1 is 1.12 bits per heavy atom. The molecule has 1 aromatic heterocycles. The van der Waals surface area contributed by atoms with Crippen LogP contribution in [0.3, 0.4) is 0 Å². The Labute approximate surface area is 193 Å². The molecule has 1 amide bonds. The van der Waals surface area contributed by atoms with Crippen molar-refractivity contribution in [2.24, 2.45) is 0 Å². The molecule has 0 radical (unpaired) electrons. The van der Waals surface area contributed by atoms with Gasteiger partial charge in [-0.1, -0.05) is 17.8 Å². The summed E-state index contributed by atoms with van der Waals surface area (Å²) in [7, 11) is 1.35. The maximum atomic E-state index is 12.9. The molecule has 4 rings (SSSR count). The molecule has 0 saturated carbocycles. The lowest BCUT2D eigenvalue weighted by molar-refractivity contribution is -0.0512. The lowest BCUT2D eigenvalue weighted by Crippen LogP contribution is -2.23. The first-order valence-corrected chi connectivity index (χ1v) is 10.8. The van der Waals surface area contributed by atoms with E-state index in [2.05, 4.69) is 15.0 Å². The van der Waals surface area contributed by atoms with Gasteiger partial charge >= 0.3 is 6.61 Å². The van der Waals surface area contributed by atoms with Crippen molar-refractivity contribution in [3.63, 3.8) is 0 Å². The summed E-state index contributed by atoms with van der Waals surface area (Å²) in [4.78, 5) is 18.1. The number of hydrogen-bond acceptors (Lipinski definition) is 7. The topological polar surface area (TPSA) is 78.9 Å². The largest absolute Gasteiger partial charge is 0.493 e. The number of nitrogens with zero attached hydrogens (tertiary/aromatic N) is 1. The van der Waals surface area contributed by atoms with E-state index < -0.39 is 6.61 Å². The number of carbonyl (C=O) groups is 1. The summed E-state index contributed by atoms with van der Waals surface area (Å²) in [6.45, 7) is -1.80. The van der Waals surface area contributed by atoms with E-state index in [9.17, 15) is 13.6 Å². The van der Waals surface area contributed by atoms with Crippen LogP contribution in [-0.2, 0) is 6.54 Å². The van der Waals surface area contributed by atoms with Crippen LogP contribution < -0.4 is 24.3 Å². The molecule has 1 aliphatic heterocycles. The van der Waals surface area contributed by atoms with Crippen LogP contribution in [0.1, 0.15) is 15.9 Å². The normalized spacial score (nSPS) is 12.4. The van der Waals surface area contributed by atoms with Crippen LogP contribution >= 0.6 is 11.8 Å². The lowest BCUT2D eigenvalue weighted by Gasteiger charge is -2.18. The predicted molar refractivity (Wildman–Crippen MR) is 117 cm³/mol. The number of alkyl halides is 2. The molecular formula is C23H20F2N2O5S. The molecule has 3 aromatic rings. The van der Waals surface area contributed by atoms with Gasteiger partial charge < -0.3 is 24.3 Å². The number of benzene rings is 2. The zero-order chi connectivity index (χ0) is 23.2. The predicted octanol–water partition coefficient (Wildman–Crippen LogP) is 4.54. The second-order valence-electron chi connectivity index (χ2n) is 6.81. The van der Waals surface area contributed by atoms with Crippen LogP contribution in [0.5, 0.6) is 23.0 Å². The van der Waals surface area contributed by atoms with E-state index in [1.165, 1.54) is 31.0 Å². The van der Waals surface area contributed by atoms with Crippen molar-refractivity contribution >= 4 is 17.7 Å². The number of fused-ring (bicyclic) bond motifs is 1. The number of aromatic nitrogens is 1. The number of rotatable bonds is 8. The summed E-state index contributed by atoms with van der Waals surface area (Å²) < 4.78 is 45.7. The van der Waals surface area contributed by atoms with Gasteiger partial charge in [-0.25, -0.2) is 4.98 Å². The molecule has 0 aliphatic carbocycles. The van der Waals surface area contributed by atoms with E-state index in [4.69, 9.17) is 14.2 Å². The van der Waals surface area contributed by atoms with Crippen LogP contribution in [0, 0.1) is 0 Å². The fourth-order valence-electron chi connectivity index (χ4n) is 3.14. The van der Waals surface area contributed by atoms with E-state index in [0.29, 0.717) is 40.9 Å². The van der Waals surface area contributed by atoms with Gasteiger partial charge in [-0.2, -0.15) is 8.78 Å². The maximum Gasteiger partial charge on any atom is 0.387 e. The highest BCUT2D eigenvalue weighted by Crippen LogP contribution is 2.37. The summed E-state index contributed by atoms with van der Waals surface area (Å²) in [5.41, 5.74) is 1.06. The average molecular weight is 474 g/mol. The first-order valence-electron chi connectivity index (χ1n) is 9.96. The molecule has 10 heteroatoms. The number of ether oxygens (including phenoxy) is 4. The van der Waals surface area contributed by atoms with Crippen molar-refractivity contribution in [2.75, 3.05) is 20.3 Å². The van der Waals surface area contributed by atoms with Crippen molar-refractivity contribution in [1.29, 1.82) is 0 Å². The van der Waals surface area contributed by atoms with Gasteiger partial charge in [0.1, 0.15) is 18.2 Å². The van der Waals surface area contributed by atoms with E-state index in [1.807, 2.05) is 18.2 Å². The highest BCUT2D eigenvalue weighted by atomic mass is 32.2. The van der Waals surface area contributed by atoms with Crippen molar-refractivity contribution in [3.8, 4) is 23.0 Å². The number of nitrogens with one attached hydrogen (secondary N) is 1. The Bertz CT molecular complexity index is 1150. The molecule has 33 heavy (non-hydrogen) atoms. The standard InChI is InChI=1S/C23H20F2N2O5S/c1-29-19-11-14(4-6-18(19)32-23(24)25)13-27-21(28)16-3-2-8-26-22(16)33-15-5-7-17-20(12-15)31-10-9-30-17/h2-8,11-12,23H,9-10,13H2,1H3,(H,27,28). The molecular weight excluding hydrogens is 454 g/mol. The number of methoxy groups -OCH3 is 1. The Hall–Kier alpha value is -3.53. The molecule has 1 aliphatic rings. The van der Waals surface area contributed by atoms with Crippen molar-refractivity contribution < 1.29 is 32.5 Å². The van der Waals surface area contributed by atoms with Crippen molar-refractivity contribution in [1.82, 2.24) is 10.3 Å². The van der Waals surface area contributed by atoms with Crippen molar-refractivity contribution in [3.05, 3.63) is 65.9 Å². The molecule has 2 aromatic carbocycles. The minimum atomic E-state index is -2.96. The smallest absolute Gasteiger partial charge is 0.387 e. The molecule has 0 fully saturated rings. The Morgan fingerprint density at radius 3 is 2.73 bits per heavy atom. The van der Waals surface area contributed by atoms with E-state index in [-0.39, 0.29) is 24.0 Å². The zero-order valence-corrected chi connectivity index (χ0v) is 18.4.